The van der Waals surface area contributed by atoms with Gasteiger partial charge >= 0.3 is 11.9 Å². The van der Waals surface area contributed by atoms with Gasteiger partial charge in [-0.25, -0.2) is 9.78 Å². The van der Waals surface area contributed by atoms with Gasteiger partial charge in [0.2, 0.25) is 0 Å². The average Bonchev–Trinajstić information content (AvgIpc) is 3.10. The number of hydrogen-bond acceptors (Lipinski definition) is 6. The third-order valence-electron chi connectivity index (χ3n) is 3.49. The van der Waals surface area contributed by atoms with Gasteiger partial charge in [0.1, 0.15) is 10.8 Å². The second-order valence-corrected chi connectivity index (χ2v) is 6.56. The number of hydrogen-bond donors (Lipinski definition) is 0. The standard InChI is InChI=1S/C19H14ClNO4S/c1-24-19(23)12-6-8-14(9-7-12)25-17(22)10-13-11-26-18(21-13)15-4-2-3-5-16(15)20/h2-9,11H,10H2,1H3. The van der Waals surface area contributed by atoms with E-state index in [2.05, 4.69) is 9.72 Å². The Kier molecular flexibility index (Phi) is 5.65. The summed E-state index contributed by atoms with van der Waals surface area (Å²) in [5.74, 6) is -0.534. The fourth-order valence-corrected chi connectivity index (χ4v) is 3.38. The van der Waals surface area contributed by atoms with E-state index in [4.69, 9.17) is 16.3 Å². The van der Waals surface area contributed by atoms with E-state index in [0.29, 0.717) is 22.0 Å². The van der Waals surface area contributed by atoms with E-state index in [0.717, 1.165) is 10.6 Å². The molecule has 1 heterocycles. The minimum atomic E-state index is -0.447. The Morgan fingerprint density at radius 2 is 1.85 bits per heavy atom. The molecule has 0 unspecified atom stereocenters. The zero-order valence-corrected chi connectivity index (χ0v) is 15.3. The normalized spacial score (nSPS) is 10.4. The number of ether oxygens (including phenoxy) is 2. The lowest BCUT2D eigenvalue weighted by Gasteiger charge is -2.04. The van der Waals surface area contributed by atoms with E-state index in [1.54, 1.807) is 23.6 Å². The fourth-order valence-electron chi connectivity index (χ4n) is 2.24. The first-order valence-corrected chi connectivity index (χ1v) is 8.91. The number of benzene rings is 2. The zero-order chi connectivity index (χ0) is 18.5. The molecule has 26 heavy (non-hydrogen) atoms. The van der Waals surface area contributed by atoms with E-state index in [1.165, 1.54) is 30.6 Å². The number of thiazole rings is 1. The second-order valence-electron chi connectivity index (χ2n) is 5.29. The number of halogens is 1. The van der Waals surface area contributed by atoms with Crippen LogP contribution in [-0.2, 0) is 16.0 Å². The summed E-state index contributed by atoms with van der Waals surface area (Å²) in [6.45, 7) is 0. The molecule has 1 aromatic heterocycles. The van der Waals surface area contributed by atoms with E-state index in [-0.39, 0.29) is 6.42 Å². The summed E-state index contributed by atoms with van der Waals surface area (Å²) in [6.07, 6.45) is 0.0414. The van der Waals surface area contributed by atoms with Gasteiger partial charge in [0.05, 0.1) is 29.8 Å². The minimum absolute atomic E-state index is 0.0414. The molecule has 3 rings (SSSR count). The largest absolute Gasteiger partial charge is 0.465 e. The molecular formula is C19H14ClNO4S. The molecule has 0 N–H and O–H groups in total. The van der Waals surface area contributed by atoms with Crippen LogP contribution in [0.2, 0.25) is 5.02 Å². The Bertz CT molecular complexity index is 937. The smallest absolute Gasteiger partial charge is 0.337 e. The van der Waals surface area contributed by atoms with Crippen molar-refractivity contribution in [3.63, 3.8) is 0 Å². The molecule has 0 fully saturated rings. The molecule has 0 aliphatic rings. The topological polar surface area (TPSA) is 65.5 Å². The molecule has 0 saturated heterocycles. The van der Waals surface area contributed by atoms with Gasteiger partial charge in [-0.2, -0.15) is 0 Å². The Morgan fingerprint density at radius 3 is 2.54 bits per heavy atom. The van der Waals surface area contributed by atoms with Crippen molar-refractivity contribution in [1.29, 1.82) is 0 Å². The maximum Gasteiger partial charge on any atom is 0.337 e. The predicted octanol–water partition coefficient (Wildman–Crippen LogP) is 4.40. The summed E-state index contributed by atoms with van der Waals surface area (Å²) < 4.78 is 9.89. The van der Waals surface area contributed by atoms with Crippen LogP contribution in [0.5, 0.6) is 5.75 Å². The van der Waals surface area contributed by atoms with Crippen LogP contribution < -0.4 is 4.74 Å². The quantitative estimate of drug-likeness (QED) is 0.479. The number of carbonyl (C=O) groups excluding carboxylic acids is 2. The summed E-state index contributed by atoms with van der Waals surface area (Å²) in [5, 5.41) is 3.17. The highest BCUT2D eigenvalue weighted by atomic mass is 35.5. The Labute approximate surface area is 159 Å². The van der Waals surface area contributed by atoms with Crippen LogP contribution in [0.3, 0.4) is 0 Å². The van der Waals surface area contributed by atoms with Gasteiger partial charge in [-0.15, -0.1) is 11.3 Å². The number of carbonyl (C=O) groups is 2. The van der Waals surface area contributed by atoms with Crippen molar-refractivity contribution in [2.75, 3.05) is 7.11 Å². The molecule has 7 heteroatoms. The van der Waals surface area contributed by atoms with Gasteiger partial charge in [-0.05, 0) is 30.3 Å². The number of aromatic nitrogens is 1. The number of methoxy groups -OCH3 is 1. The van der Waals surface area contributed by atoms with Crippen LogP contribution in [0.25, 0.3) is 10.6 Å². The molecular weight excluding hydrogens is 374 g/mol. The molecule has 5 nitrogen and oxygen atoms in total. The Hall–Kier alpha value is -2.70. The van der Waals surface area contributed by atoms with Crippen molar-refractivity contribution >= 4 is 34.9 Å². The number of rotatable bonds is 5. The van der Waals surface area contributed by atoms with Gasteiger partial charge in [-0.3, -0.25) is 4.79 Å². The molecule has 0 atom stereocenters. The van der Waals surface area contributed by atoms with Crippen LogP contribution >= 0.6 is 22.9 Å². The van der Waals surface area contributed by atoms with Crippen molar-refractivity contribution in [2.45, 2.75) is 6.42 Å². The highest BCUT2D eigenvalue weighted by Gasteiger charge is 2.13. The van der Waals surface area contributed by atoms with Gasteiger partial charge in [0.25, 0.3) is 0 Å². The van der Waals surface area contributed by atoms with Crippen molar-refractivity contribution in [3.8, 4) is 16.3 Å². The first kappa shape index (κ1) is 18.1. The maximum atomic E-state index is 12.1. The monoisotopic (exact) mass is 387 g/mol. The minimum Gasteiger partial charge on any atom is -0.465 e. The average molecular weight is 388 g/mol. The van der Waals surface area contributed by atoms with Crippen LogP contribution in [0, 0.1) is 0 Å². The highest BCUT2D eigenvalue weighted by Crippen LogP contribution is 2.30. The number of nitrogens with zero attached hydrogens (tertiary/aromatic N) is 1. The summed E-state index contributed by atoms with van der Waals surface area (Å²) in [6, 6.07) is 13.6. The third kappa shape index (κ3) is 4.28. The summed E-state index contributed by atoms with van der Waals surface area (Å²) in [4.78, 5) is 27.9. The van der Waals surface area contributed by atoms with Crippen molar-refractivity contribution < 1.29 is 19.1 Å². The van der Waals surface area contributed by atoms with E-state index in [1.807, 2.05) is 18.2 Å². The van der Waals surface area contributed by atoms with Gasteiger partial charge in [-0.1, -0.05) is 29.8 Å². The summed E-state index contributed by atoms with van der Waals surface area (Å²) in [5.41, 5.74) is 1.83. The number of esters is 2. The Morgan fingerprint density at radius 1 is 1.12 bits per heavy atom. The molecule has 0 bridgehead atoms. The van der Waals surface area contributed by atoms with Crippen LogP contribution in [0.4, 0.5) is 0 Å². The molecule has 3 aromatic rings. The lowest BCUT2D eigenvalue weighted by atomic mass is 10.2. The summed E-state index contributed by atoms with van der Waals surface area (Å²) in [7, 11) is 1.31. The predicted molar refractivity (Wildman–Crippen MR) is 99.7 cm³/mol. The lowest BCUT2D eigenvalue weighted by Crippen LogP contribution is -2.11. The van der Waals surface area contributed by atoms with E-state index in [9.17, 15) is 9.59 Å². The van der Waals surface area contributed by atoms with Crippen molar-refractivity contribution in [2.24, 2.45) is 0 Å². The third-order valence-corrected chi connectivity index (χ3v) is 4.74. The first-order chi connectivity index (χ1) is 12.6. The SMILES string of the molecule is COC(=O)c1ccc(OC(=O)Cc2csc(-c3ccccc3Cl)n2)cc1. The van der Waals surface area contributed by atoms with Gasteiger partial charge in [0, 0.05) is 10.9 Å². The molecule has 0 amide bonds. The first-order valence-electron chi connectivity index (χ1n) is 7.65. The molecule has 132 valence electrons. The molecule has 0 saturated carbocycles. The molecule has 0 aliphatic heterocycles. The summed E-state index contributed by atoms with van der Waals surface area (Å²) >= 11 is 7.59. The van der Waals surface area contributed by atoms with Crippen molar-refractivity contribution in [1.82, 2.24) is 4.98 Å². The van der Waals surface area contributed by atoms with Gasteiger partial charge in [0.15, 0.2) is 0 Å². The van der Waals surface area contributed by atoms with Crippen LogP contribution in [-0.4, -0.2) is 24.0 Å². The van der Waals surface area contributed by atoms with Crippen LogP contribution in [0.1, 0.15) is 16.1 Å². The highest BCUT2D eigenvalue weighted by molar-refractivity contribution is 7.13. The second kappa shape index (κ2) is 8.12. The van der Waals surface area contributed by atoms with Gasteiger partial charge < -0.3 is 9.47 Å². The van der Waals surface area contributed by atoms with E-state index < -0.39 is 11.9 Å². The van der Waals surface area contributed by atoms with E-state index >= 15 is 0 Å². The Balaban J connectivity index is 1.64. The molecule has 2 aromatic carbocycles. The fraction of sp³-hybridized carbons (Fsp3) is 0.105. The lowest BCUT2D eigenvalue weighted by molar-refractivity contribution is -0.133. The maximum absolute atomic E-state index is 12.1. The molecule has 0 radical (unpaired) electrons. The van der Waals surface area contributed by atoms with Crippen molar-refractivity contribution in [3.05, 3.63) is 70.2 Å². The zero-order valence-electron chi connectivity index (χ0n) is 13.8. The van der Waals surface area contributed by atoms with Crippen LogP contribution in [0.15, 0.2) is 53.9 Å². The molecule has 0 spiro atoms. The molecule has 0 aliphatic carbocycles.